The number of rotatable bonds is 8. The van der Waals surface area contributed by atoms with Gasteiger partial charge < -0.3 is 10.6 Å². The quantitative estimate of drug-likeness (QED) is 0.198. The highest BCUT2D eigenvalue weighted by molar-refractivity contribution is 14.0. The Bertz CT molecular complexity index is 636. The zero-order valence-corrected chi connectivity index (χ0v) is 17.0. The molecule has 9 heteroatoms. The van der Waals surface area contributed by atoms with E-state index in [1.807, 2.05) is 25.1 Å². The Hall–Kier alpha value is -1.36. The highest BCUT2D eigenvalue weighted by Crippen LogP contribution is 2.15. The molecule has 2 aromatic rings. The number of hydrogen-bond acceptors (Lipinski definition) is 3. The van der Waals surface area contributed by atoms with Gasteiger partial charge in [0.1, 0.15) is 12.4 Å². The molecule has 0 aliphatic carbocycles. The van der Waals surface area contributed by atoms with E-state index in [0.29, 0.717) is 19.0 Å². The molecule has 1 aromatic carbocycles. The monoisotopic (exact) mass is 481 g/mol. The summed E-state index contributed by atoms with van der Waals surface area (Å²) in [5, 5.41) is 6.29. The number of hydrogen-bond donors (Lipinski definition) is 2. The van der Waals surface area contributed by atoms with Gasteiger partial charge in [-0.15, -0.1) is 35.7 Å². The Labute approximate surface area is 167 Å². The molecule has 0 saturated carbocycles. The van der Waals surface area contributed by atoms with Gasteiger partial charge >= 0.3 is 6.55 Å². The molecule has 0 spiro atoms. The minimum atomic E-state index is -2.60. The fourth-order valence-electron chi connectivity index (χ4n) is 1.99. The normalized spacial score (nSPS) is 11.3. The van der Waals surface area contributed by atoms with Crippen molar-refractivity contribution < 1.29 is 8.78 Å². The molecule has 0 unspecified atom stereocenters. The first-order valence-corrected chi connectivity index (χ1v) is 8.69. The van der Waals surface area contributed by atoms with Crippen molar-refractivity contribution in [1.82, 2.24) is 20.2 Å². The molecule has 0 bridgehead atoms. The SMILES string of the molecule is CCNC(=NCc1nccn1C(F)F)NCCSc1ccccc1.I. The number of alkyl halides is 2. The lowest BCUT2D eigenvalue weighted by Gasteiger charge is -2.11. The van der Waals surface area contributed by atoms with Gasteiger partial charge in [-0.3, -0.25) is 4.57 Å². The number of thioether (sulfide) groups is 1. The third-order valence-corrected chi connectivity index (χ3v) is 4.10. The topological polar surface area (TPSA) is 54.2 Å². The van der Waals surface area contributed by atoms with Crippen LogP contribution < -0.4 is 10.6 Å². The maximum Gasteiger partial charge on any atom is 0.319 e. The third-order valence-electron chi connectivity index (χ3n) is 3.09. The molecule has 25 heavy (non-hydrogen) atoms. The van der Waals surface area contributed by atoms with E-state index in [9.17, 15) is 8.78 Å². The second kappa shape index (κ2) is 12.1. The van der Waals surface area contributed by atoms with Gasteiger partial charge in [0, 0.05) is 36.1 Å². The predicted octanol–water partition coefficient (Wildman–Crippen LogP) is 3.74. The fourth-order valence-corrected chi connectivity index (χ4v) is 2.78. The van der Waals surface area contributed by atoms with Crippen LogP contribution in [-0.2, 0) is 6.54 Å². The molecule has 0 saturated heterocycles. The lowest BCUT2D eigenvalue weighted by molar-refractivity contribution is 0.0671. The number of imidazole rings is 1. The number of guanidine groups is 1. The van der Waals surface area contributed by atoms with Gasteiger partial charge in [0.15, 0.2) is 5.96 Å². The van der Waals surface area contributed by atoms with E-state index < -0.39 is 6.55 Å². The van der Waals surface area contributed by atoms with Gasteiger partial charge in [-0.2, -0.15) is 8.78 Å². The second-order valence-electron chi connectivity index (χ2n) is 4.81. The average Bonchev–Trinajstić information content (AvgIpc) is 3.06. The molecule has 0 aliphatic rings. The van der Waals surface area contributed by atoms with Crippen LogP contribution in [0, 0.1) is 0 Å². The molecule has 1 aromatic heterocycles. The highest BCUT2D eigenvalue weighted by atomic mass is 127. The van der Waals surface area contributed by atoms with Crippen molar-refractivity contribution in [3.05, 3.63) is 48.5 Å². The summed E-state index contributed by atoms with van der Waals surface area (Å²) < 4.78 is 26.4. The molecule has 0 atom stereocenters. The van der Waals surface area contributed by atoms with Gasteiger partial charge in [-0.1, -0.05) is 18.2 Å². The van der Waals surface area contributed by atoms with Crippen molar-refractivity contribution in [2.45, 2.75) is 24.9 Å². The van der Waals surface area contributed by atoms with E-state index in [4.69, 9.17) is 0 Å². The third kappa shape index (κ3) is 7.59. The number of nitrogens with zero attached hydrogens (tertiary/aromatic N) is 3. The van der Waals surface area contributed by atoms with E-state index in [2.05, 4.69) is 32.7 Å². The number of benzene rings is 1. The summed E-state index contributed by atoms with van der Waals surface area (Å²) in [5.41, 5.74) is 0. The predicted molar refractivity (Wildman–Crippen MR) is 109 cm³/mol. The van der Waals surface area contributed by atoms with Crippen LogP contribution >= 0.6 is 35.7 Å². The molecule has 2 rings (SSSR count). The molecule has 5 nitrogen and oxygen atoms in total. The minimum Gasteiger partial charge on any atom is -0.357 e. The molecule has 0 amide bonds. The van der Waals surface area contributed by atoms with Crippen molar-refractivity contribution in [2.24, 2.45) is 4.99 Å². The van der Waals surface area contributed by atoms with Gasteiger partial charge in [0.25, 0.3) is 0 Å². The van der Waals surface area contributed by atoms with Crippen molar-refractivity contribution >= 4 is 41.7 Å². The first-order valence-electron chi connectivity index (χ1n) is 7.70. The van der Waals surface area contributed by atoms with Crippen LogP contribution in [0.1, 0.15) is 19.3 Å². The van der Waals surface area contributed by atoms with Crippen molar-refractivity contribution in [1.29, 1.82) is 0 Å². The Kier molecular flexibility index (Phi) is 10.5. The summed E-state index contributed by atoms with van der Waals surface area (Å²) in [4.78, 5) is 9.44. The number of halogens is 3. The van der Waals surface area contributed by atoms with Gasteiger partial charge in [-0.25, -0.2) is 9.98 Å². The molecular formula is C16H22F2IN5S. The average molecular weight is 481 g/mol. The largest absolute Gasteiger partial charge is 0.357 e. The summed E-state index contributed by atoms with van der Waals surface area (Å²) in [7, 11) is 0. The number of aliphatic imine (C=N–C) groups is 1. The van der Waals surface area contributed by atoms with E-state index in [0.717, 1.165) is 10.3 Å². The summed E-state index contributed by atoms with van der Waals surface area (Å²) >= 11 is 1.74. The Morgan fingerprint density at radius 1 is 1.28 bits per heavy atom. The molecular weight excluding hydrogens is 459 g/mol. The first kappa shape index (κ1) is 21.7. The van der Waals surface area contributed by atoms with Crippen molar-refractivity contribution in [3.63, 3.8) is 0 Å². The first-order chi connectivity index (χ1) is 11.7. The zero-order valence-electron chi connectivity index (χ0n) is 13.9. The molecule has 0 aliphatic heterocycles. The van der Waals surface area contributed by atoms with Gasteiger partial charge in [0.05, 0.1) is 0 Å². The highest BCUT2D eigenvalue weighted by Gasteiger charge is 2.10. The molecule has 138 valence electrons. The Morgan fingerprint density at radius 3 is 2.72 bits per heavy atom. The van der Waals surface area contributed by atoms with E-state index in [1.54, 1.807) is 11.8 Å². The standard InChI is InChI=1S/C16H21F2N5S.HI/c1-2-19-16(21-9-11-24-13-6-4-3-5-7-13)22-12-14-20-8-10-23(14)15(17)18;/h3-8,10,15H,2,9,11-12H2,1H3,(H2,19,21,22);1H. The zero-order chi connectivity index (χ0) is 17.2. The van der Waals surface area contributed by atoms with E-state index >= 15 is 0 Å². The van der Waals surface area contributed by atoms with Gasteiger partial charge in [-0.05, 0) is 19.1 Å². The molecule has 1 heterocycles. The molecule has 0 radical (unpaired) electrons. The lowest BCUT2D eigenvalue weighted by atomic mass is 10.4. The smallest absolute Gasteiger partial charge is 0.319 e. The minimum absolute atomic E-state index is 0. The molecule has 2 N–H and O–H groups in total. The lowest BCUT2D eigenvalue weighted by Crippen LogP contribution is -2.38. The van der Waals surface area contributed by atoms with Crippen LogP contribution in [0.15, 0.2) is 52.6 Å². The summed E-state index contributed by atoms with van der Waals surface area (Å²) in [5.74, 6) is 1.70. The van der Waals surface area contributed by atoms with Gasteiger partial charge in [0.2, 0.25) is 0 Å². The maximum absolute atomic E-state index is 12.8. The van der Waals surface area contributed by atoms with Crippen LogP contribution in [0.4, 0.5) is 8.78 Å². The maximum atomic E-state index is 12.8. The van der Waals surface area contributed by atoms with E-state index in [-0.39, 0.29) is 36.3 Å². The summed E-state index contributed by atoms with van der Waals surface area (Å²) in [6.07, 6.45) is 2.61. The van der Waals surface area contributed by atoms with Crippen LogP contribution in [0.3, 0.4) is 0 Å². The van der Waals surface area contributed by atoms with Crippen LogP contribution in [0.5, 0.6) is 0 Å². The van der Waals surface area contributed by atoms with Crippen molar-refractivity contribution in [2.75, 3.05) is 18.8 Å². The van der Waals surface area contributed by atoms with Crippen molar-refractivity contribution in [3.8, 4) is 0 Å². The Balaban J connectivity index is 0.00000312. The Morgan fingerprint density at radius 2 is 2.04 bits per heavy atom. The van der Waals surface area contributed by atoms with Crippen LogP contribution in [0.25, 0.3) is 0 Å². The summed E-state index contributed by atoms with van der Waals surface area (Å²) in [6.45, 7) is 0.861. The molecule has 0 fully saturated rings. The fraction of sp³-hybridized carbons (Fsp3) is 0.375. The summed E-state index contributed by atoms with van der Waals surface area (Å²) in [6, 6.07) is 10.1. The second-order valence-corrected chi connectivity index (χ2v) is 5.98. The van der Waals surface area contributed by atoms with Crippen LogP contribution in [0.2, 0.25) is 0 Å². The number of aromatic nitrogens is 2. The number of nitrogens with one attached hydrogen (secondary N) is 2. The van der Waals surface area contributed by atoms with E-state index in [1.165, 1.54) is 17.3 Å². The van der Waals surface area contributed by atoms with Crippen LogP contribution in [-0.4, -0.2) is 34.4 Å².